The minimum atomic E-state index is -0.440. The van der Waals surface area contributed by atoms with Crippen LogP contribution >= 0.6 is 11.6 Å². The van der Waals surface area contributed by atoms with Crippen LogP contribution in [0.4, 0.5) is 11.4 Å². The van der Waals surface area contributed by atoms with Crippen LogP contribution in [0.2, 0.25) is 5.02 Å². The van der Waals surface area contributed by atoms with Gasteiger partial charge < -0.3 is 14.5 Å². The molecule has 0 aromatic heterocycles. The Hall–Kier alpha value is -3.51. The number of guanidine groups is 1. The predicted octanol–water partition coefficient (Wildman–Crippen LogP) is 4.48. The van der Waals surface area contributed by atoms with Gasteiger partial charge >= 0.3 is 0 Å². The lowest BCUT2D eigenvalue weighted by molar-refractivity contribution is -0.118. The van der Waals surface area contributed by atoms with E-state index >= 15 is 0 Å². The molecule has 3 aromatic rings. The van der Waals surface area contributed by atoms with E-state index in [1.54, 1.807) is 12.0 Å². The van der Waals surface area contributed by atoms with Crippen molar-refractivity contribution in [2.75, 3.05) is 43.1 Å². The van der Waals surface area contributed by atoms with E-state index in [1.807, 2.05) is 66.7 Å². The molecule has 34 heavy (non-hydrogen) atoms. The Kier molecular flexibility index (Phi) is 6.41. The molecule has 3 aromatic carbocycles. The van der Waals surface area contributed by atoms with E-state index in [9.17, 15) is 4.79 Å². The zero-order chi connectivity index (χ0) is 23.5. The number of carbonyl (C=O) groups excluding carboxylic acids is 1. The Morgan fingerprint density at radius 3 is 2.29 bits per heavy atom. The molecule has 1 atom stereocenters. The molecule has 174 valence electrons. The maximum atomic E-state index is 13.5. The van der Waals surface area contributed by atoms with Crippen LogP contribution in [0.15, 0.2) is 83.9 Å². The third-order valence-electron chi connectivity index (χ3n) is 6.31. The van der Waals surface area contributed by atoms with Crippen LogP contribution in [-0.2, 0) is 11.2 Å². The van der Waals surface area contributed by atoms with Gasteiger partial charge in [-0.15, -0.1) is 0 Å². The number of rotatable bonds is 5. The van der Waals surface area contributed by atoms with Gasteiger partial charge in [0.25, 0.3) is 5.91 Å². The summed E-state index contributed by atoms with van der Waals surface area (Å²) in [5.41, 5.74) is 3.03. The summed E-state index contributed by atoms with van der Waals surface area (Å²) >= 11 is 6.11. The summed E-state index contributed by atoms with van der Waals surface area (Å²) in [5.74, 6) is 1.57. The summed E-state index contributed by atoms with van der Waals surface area (Å²) in [7, 11) is 1.68. The van der Waals surface area contributed by atoms with E-state index in [-0.39, 0.29) is 5.91 Å². The molecule has 2 heterocycles. The Balaban J connectivity index is 1.38. The number of methoxy groups -OCH3 is 1. The van der Waals surface area contributed by atoms with Crippen molar-refractivity contribution in [1.82, 2.24) is 4.90 Å². The molecule has 0 saturated carbocycles. The van der Waals surface area contributed by atoms with Crippen LogP contribution in [0.5, 0.6) is 5.75 Å². The molecule has 1 unspecified atom stereocenters. The topological polar surface area (TPSA) is 48.4 Å². The van der Waals surface area contributed by atoms with E-state index in [0.29, 0.717) is 11.4 Å². The molecule has 0 N–H and O–H groups in total. The van der Waals surface area contributed by atoms with E-state index in [4.69, 9.17) is 21.3 Å². The zero-order valence-corrected chi connectivity index (χ0v) is 19.9. The average Bonchev–Trinajstić information content (AvgIpc) is 3.21. The average molecular weight is 475 g/mol. The number of anilines is 2. The van der Waals surface area contributed by atoms with Gasteiger partial charge in [0.1, 0.15) is 11.8 Å². The number of hydrogen-bond acceptors (Lipinski definition) is 5. The van der Waals surface area contributed by atoms with E-state index in [0.717, 1.165) is 54.8 Å². The van der Waals surface area contributed by atoms with Gasteiger partial charge in [-0.05, 0) is 42.0 Å². The zero-order valence-electron chi connectivity index (χ0n) is 19.1. The van der Waals surface area contributed by atoms with Crippen LogP contribution in [0.1, 0.15) is 5.56 Å². The first kappa shape index (κ1) is 22.3. The minimum absolute atomic E-state index is 0.00333. The van der Waals surface area contributed by atoms with Crippen LogP contribution in [-0.4, -0.2) is 56.1 Å². The number of piperazine rings is 1. The van der Waals surface area contributed by atoms with Crippen molar-refractivity contribution in [3.05, 3.63) is 89.4 Å². The molecule has 0 spiro atoms. The first-order valence-corrected chi connectivity index (χ1v) is 11.9. The summed E-state index contributed by atoms with van der Waals surface area (Å²) in [4.78, 5) is 24.8. The Morgan fingerprint density at radius 1 is 0.882 bits per heavy atom. The summed E-state index contributed by atoms with van der Waals surface area (Å²) in [6, 6.07) is 25.1. The van der Waals surface area contributed by atoms with Crippen molar-refractivity contribution >= 4 is 34.8 Å². The van der Waals surface area contributed by atoms with Crippen molar-refractivity contribution in [2.45, 2.75) is 12.5 Å². The third kappa shape index (κ3) is 4.59. The summed E-state index contributed by atoms with van der Waals surface area (Å²) in [6.45, 7) is 3.20. The lowest BCUT2D eigenvalue weighted by Crippen LogP contribution is -2.53. The van der Waals surface area contributed by atoms with Crippen LogP contribution in [0, 0.1) is 0 Å². The summed E-state index contributed by atoms with van der Waals surface area (Å²) in [5, 5.41) is 0.640. The molecule has 6 nitrogen and oxygen atoms in total. The predicted molar refractivity (Wildman–Crippen MR) is 137 cm³/mol. The Morgan fingerprint density at radius 2 is 1.59 bits per heavy atom. The SMILES string of the molecule is COc1cccc(N2CCN(C3=NC(Cc4ccccc4)C(=O)N3c3ccc(Cl)cc3)CC2)c1. The number of carbonyl (C=O) groups is 1. The van der Waals surface area contributed by atoms with Crippen LogP contribution in [0.3, 0.4) is 0 Å². The van der Waals surface area contributed by atoms with E-state index < -0.39 is 6.04 Å². The van der Waals surface area contributed by atoms with Crippen molar-refractivity contribution in [1.29, 1.82) is 0 Å². The van der Waals surface area contributed by atoms with Gasteiger partial charge in [0.05, 0.1) is 12.8 Å². The van der Waals surface area contributed by atoms with Gasteiger partial charge in [0.15, 0.2) is 0 Å². The Labute approximate surface area is 205 Å². The molecular weight excluding hydrogens is 448 g/mol. The quantitative estimate of drug-likeness (QED) is 0.547. The Bertz CT molecular complexity index is 1170. The molecule has 1 amide bonds. The largest absolute Gasteiger partial charge is 0.497 e. The highest BCUT2D eigenvalue weighted by atomic mass is 35.5. The first-order valence-electron chi connectivity index (χ1n) is 11.5. The smallest absolute Gasteiger partial charge is 0.259 e. The number of halogens is 1. The van der Waals surface area contributed by atoms with Crippen LogP contribution < -0.4 is 14.5 Å². The second-order valence-electron chi connectivity index (χ2n) is 8.46. The van der Waals surface area contributed by atoms with Crippen molar-refractivity contribution < 1.29 is 9.53 Å². The normalized spacial score (nSPS) is 18.3. The number of benzene rings is 3. The number of ether oxygens (including phenoxy) is 1. The fourth-order valence-electron chi connectivity index (χ4n) is 4.50. The highest BCUT2D eigenvalue weighted by molar-refractivity contribution is 6.30. The molecule has 2 aliphatic heterocycles. The van der Waals surface area contributed by atoms with Gasteiger partial charge in [0, 0.05) is 49.4 Å². The van der Waals surface area contributed by atoms with E-state index in [1.165, 1.54) is 0 Å². The molecule has 2 aliphatic rings. The van der Waals surface area contributed by atoms with E-state index in [2.05, 4.69) is 21.9 Å². The van der Waals surface area contributed by atoms with Gasteiger partial charge in [-0.3, -0.25) is 4.79 Å². The van der Waals surface area contributed by atoms with Gasteiger partial charge in [-0.25, -0.2) is 9.89 Å². The fraction of sp³-hybridized carbons (Fsp3) is 0.259. The number of aliphatic imine (C=N–C) groups is 1. The lowest BCUT2D eigenvalue weighted by atomic mass is 10.1. The summed E-state index contributed by atoms with van der Waals surface area (Å²) < 4.78 is 5.38. The first-order chi connectivity index (χ1) is 16.6. The molecule has 1 fully saturated rings. The molecule has 0 radical (unpaired) electrons. The second kappa shape index (κ2) is 9.77. The minimum Gasteiger partial charge on any atom is -0.497 e. The van der Waals surface area contributed by atoms with Gasteiger partial charge in [0.2, 0.25) is 5.96 Å². The monoisotopic (exact) mass is 474 g/mol. The molecule has 0 bridgehead atoms. The number of nitrogens with zero attached hydrogens (tertiary/aromatic N) is 4. The molecule has 5 rings (SSSR count). The lowest BCUT2D eigenvalue weighted by Gasteiger charge is -2.38. The molecule has 0 aliphatic carbocycles. The molecule has 1 saturated heterocycles. The van der Waals surface area contributed by atoms with Crippen molar-refractivity contribution in [3.8, 4) is 5.75 Å². The maximum absolute atomic E-state index is 13.5. The standard InChI is InChI=1S/C27H27ClN4O2/c1-34-24-9-5-8-23(19-24)30-14-16-31(17-15-30)27-29-25(18-20-6-3-2-4-7-20)26(33)32(27)22-12-10-21(28)11-13-22/h2-13,19,25H,14-18H2,1H3. The molecular formula is C27H27ClN4O2. The third-order valence-corrected chi connectivity index (χ3v) is 6.57. The van der Waals surface area contributed by atoms with Crippen molar-refractivity contribution in [3.63, 3.8) is 0 Å². The maximum Gasteiger partial charge on any atom is 0.259 e. The fourth-order valence-corrected chi connectivity index (χ4v) is 4.62. The number of hydrogen-bond donors (Lipinski definition) is 0. The van der Waals surface area contributed by atoms with Gasteiger partial charge in [-0.2, -0.15) is 0 Å². The van der Waals surface area contributed by atoms with Gasteiger partial charge in [-0.1, -0.05) is 48.0 Å². The number of amides is 1. The van der Waals surface area contributed by atoms with Crippen LogP contribution in [0.25, 0.3) is 0 Å². The van der Waals surface area contributed by atoms with Crippen molar-refractivity contribution in [2.24, 2.45) is 4.99 Å². The molecule has 7 heteroatoms. The second-order valence-corrected chi connectivity index (χ2v) is 8.90. The summed E-state index contributed by atoms with van der Waals surface area (Å²) in [6.07, 6.45) is 0.580. The highest BCUT2D eigenvalue weighted by Gasteiger charge is 2.39. The highest BCUT2D eigenvalue weighted by Crippen LogP contribution is 2.28.